The Balaban J connectivity index is 1.95. The first-order valence-electron chi connectivity index (χ1n) is 6.73. The molecule has 0 atom stereocenters. The van der Waals surface area contributed by atoms with E-state index in [1.807, 2.05) is 6.92 Å². The van der Waals surface area contributed by atoms with Gasteiger partial charge in [0.15, 0.2) is 0 Å². The van der Waals surface area contributed by atoms with Crippen LogP contribution in [0.15, 0.2) is 24.5 Å². The predicted molar refractivity (Wildman–Crippen MR) is 74.0 cm³/mol. The molecule has 2 aromatic rings. The quantitative estimate of drug-likeness (QED) is 0.924. The average Bonchev–Trinajstić information content (AvgIpc) is 2.96. The van der Waals surface area contributed by atoms with E-state index in [4.69, 9.17) is 4.74 Å². The van der Waals surface area contributed by atoms with Crippen LogP contribution in [0.25, 0.3) is 0 Å². The first-order valence-corrected chi connectivity index (χ1v) is 6.73. The summed E-state index contributed by atoms with van der Waals surface area (Å²) in [5.74, 6) is 0.291. The van der Waals surface area contributed by atoms with Crippen molar-refractivity contribution in [3.05, 3.63) is 35.8 Å². The first kappa shape index (κ1) is 12.7. The van der Waals surface area contributed by atoms with E-state index < -0.39 is 0 Å². The number of nitrogens with one attached hydrogen (secondary N) is 1. The molecule has 20 heavy (non-hydrogen) atoms. The number of carbonyl (C=O) groups is 1. The van der Waals surface area contributed by atoms with Gasteiger partial charge in [0.2, 0.25) is 5.88 Å². The molecule has 0 spiro atoms. The zero-order valence-corrected chi connectivity index (χ0v) is 11.3. The number of aromatic nitrogens is 3. The Kier molecular flexibility index (Phi) is 3.37. The Morgan fingerprint density at radius 3 is 3.30 bits per heavy atom. The smallest absolute Gasteiger partial charge is 0.263 e. The number of fused-ring (bicyclic) bond motifs is 1. The Morgan fingerprint density at radius 1 is 1.55 bits per heavy atom. The SMILES string of the molecule is CCOc1ncccc1C(=O)N1CCCc2[nH]ncc21. The molecule has 0 aromatic carbocycles. The summed E-state index contributed by atoms with van der Waals surface area (Å²) in [6.45, 7) is 3.04. The number of aryl methyl sites for hydroxylation is 1. The van der Waals surface area contributed by atoms with Gasteiger partial charge in [-0.3, -0.25) is 9.89 Å². The van der Waals surface area contributed by atoms with Crippen LogP contribution in [0.4, 0.5) is 5.69 Å². The van der Waals surface area contributed by atoms with Crippen molar-refractivity contribution in [1.82, 2.24) is 15.2 Å². The highest BCUT2D eigenvalue weighted by Crippen LogP contribution is 2.28. The number of rotatable bonds is 3. The fourth-order valence-electron chi connectivity index (χ4n) is 2.42. The predicted octanol–water partition coefficient (Wildman–Crippen LogP) is 1.80. The summed E-state index contributed by atoms with van der Waals surface area (Å²) < 4.78 is 5.44. The number of aromatic amines is 1. The van der Waals surface area contributed by atoms with E-state index in [0.717, 1.165) is 24.2 Å². The fourth-order valence-corrected chi connectivity index (χ4v) is 2.42. The van der Waals surface area contributed by atoms with Gasteiger partial charge in [0.1, 0.15) is 5.56 Å². The van der Waals surface area contributed by atoms with Crippen LogP contribution in [-0.2, 0) is 6.42 Å². The van der Waals surface area contributed by atoms with Crippen molar-refractivity contribution in [2.45, 2.75) is 19.8 Å². The van der Waals surface area contributed by atoms with E-state index >= 15 is 0 Å². The minimum Gasteiger partial charge on any atom is -0.477 e. The summed E-state index contributed by atoms with van der Waals surface area (Å²) in [5, 5.41) is 6.97. The second-order valence-electron chi connectivity index (χ2n) is 4.58. The number of H-pyrrole nitrogens is 1. The van der Waals surface area contributed by atoms with Crippen LogP contribution in [-0.4, -0.2) is 34.2 Å². The Labute approximate surface area is 116 Å². The third kappa shape index (κ3) is 2.13. The van der Waals surface area contributed by atoms with Crippen molar-refractivity contribution in [2.75, 3.05) is 18.1 Å². The topological polar surface area (TPSA) is 71.1 Å². The van der Waals surface area contributed by atoms with Crippen LogP contribution in [0, 0.1) is 0 Å². The second kappa shape index (κ2) is 5.32. The molecule has 0 saturated heterocycles. The Bertz CT molecular complexity index is 623. The molecular weight excluding hydrogens is 256 g/mol. The molecule has 0 radical (unpaired) electrons. The van der Waals surface area contributed by atoms with Gasteiger partial charge in [-0.1, -0.05) is 0 Å². The number of nitrogens with zero attached hydrogens (tertiary/aromatic N) is 3. The summed E-state index contributed by atoms with van der Waals surface area (Å²) in [5.41, 5.74) is 2.35. The van der Waals surface area contributed by atoms with Gasteiger partial charge < -0.3 is 9.64 Å². The molecule has 3 heterocycles. The summed E-state index contributed by atoms with van der Waals surface area (Å²) in [6.07, 6.45) is 5.17. The van der Waals surface area contributed by atoms with Gasteiger partial charge in [0.05, 0.1) is 24.2 Å². The highest BCUT2D eigenvalue weighted by Gasteiger charge is 2.27. The van der Waals surface area contributed by atoms with E-state index in [1.54, 1.807) is 29.4 Å². The molecular formula is C14H16N4O2. The second-order valence-corrected chi connectivity index (χ2v) is 4.58. The van der Waals surface area contributed by atoms with Crippen molar-refractivity contribution in [1.29, 1.82) is 0 Å². The van der Waals surface area contributed by atoms with E-state index in [1.165, 1.54) is 0 Å². The number of hydrogen-bond acceptors (Lipinski definition) is 4. The van der Waals surface area contributed by atoms with Crippen LogP contribution < -0.4 is 9.64 Å². The van der Waals surface area contributed by atoms with E-state index in [9.17, 15) is 4.79 Å². The molecule has 104 valence electrons. The van der Waals surface area contributed by atoms with Crippen molar-refractivity contribution in [2.24, 2.45) is 0 Å². The van der Waals surface area contributed by atoms with Crippen LogP contribution in [0.3, 0.4) is 0 Å². The average molecular weight is 272 g/mol. The summed E-state index contributed by atoms with van der Waals surface area (Å²) in [6, 6.07) is 3.49. The van der Waals surface area contributed by atoms with Gasteiger partial charge in [-0.2, -0.15) is 5.10 Å². The molecule has 1 amide bonds. The maximum Gasteiger partial charge on any atom is 0.263 e. The molecule has 1 N–H and O–H groups in total. The van der Waals surface area contributed by atoms with Crippen LogP contribution in [0.1, 0.15) is 29.4 Å². The largest absolute Gasteiger partial charge is 0.477 e. The molecule has 1 aliphatic rings. The molecule has 0 aliphatic carbocycles. The minimum atomic E-state index is -0.0936. The maximum atomic E-state index is 12.7. The molecule has 3 rings (SSSR count). The molecule has 2 aromatic heterocycles. The third-order valence-electron chi connectivity index (χ3n) is 3.32. The number of pyridine rings is 1. The summed E-state index contributed by atoms with van der Waals surface area (Å²) in [7, 11) is 0. The van der Waals surface area contributed by atoms with E-state index in [2.05, 4.69) is 15.2 Å². The molecule has 1 aliphatic heterocycles. The highest BCUT2D eigenvalue weighted by atomic mass is 16.5. The lowest BCUT2D eigenvalue weighted by molar-refractivity contribution is 0.0980. The first-order chi connectivity index (χ1) is 9.81. The monoisotopic (exact) mass is 272 g/mol. The molecule has 0 unspecified atom stereocenters. The van der Waals surface area contributed by atoms with Gasteiger partial charge in [-0.05, 0) is 31.9 Å². The van der Waals surface area contributed by atoms with Crippen molar-refractivity contribution in [3.8, 4) is 5.88 Å². The zero-order chi connectivity index (χ0) is 13.9. The van der Waals surface area contributed by atoms with Crippen LogP contribution in [0.5, 0.6) is 5.88 Å². The molecule has 0 saturated carbocycles. The van der Waals surface area contributed by atoms with Crippen molar-refractivity contribution >= 4 is 11.6 Å². The molecule has 6 nitrogen and oxygen atoms in total. The lowest BCUT2D eigenvalue weighted by atomic mass is 10.1. The number of ether oxygens (including phenoxy) is 1. The summed E-state index contributed by atoms with van der Waals surface area (Å²) >= 11 is 0. The number of amides is 1. The standard InChI is InChI=1S/C14H16N4O2/c1-2-20-13-10(5-3-7-15-13)14(19)18-8-4-6-11-12(18)9-16-17-11/h3,5,7,9H,2,4,6,8H2,1H3,(H,16,17). The lowest BCUT2D eigenvalue weighted by Gasteiger charge is -2.26. The lowest BCUT2D eigenvalue weighted by Crippen LogP contribution is -2.35. The van der Waals surface area contributed by atoms with Crippen LogP contribution in [0.2, 0.25) is 0 Å². The van der Waals surface area contributed by atoms with Gasteiger partial charge in [-0.25, -0.2) is 4.98 Å². The van der Waals surface area contributed by atoms with E-state index in [0.29, 0.717) is 24.6 Å². The summed E-state index contributed by atoms with van der Waals surface area (Å²) in [4.78, 5) is 18.6. The molecule has 6 heteroatoms. The minimum absolute atomic E-state index is 0.0936. The van der Waals surface area contributed by atoms with Gasteiger partial charge >= 0.3 is 0 Å². The third-order valence-corrected chi connectivity index (χ3v) is 3.32. The van der Waals surface area contributed by atoms with Crippen molar-refractivity contribution < 1.29 is 9.53 Å². The van der Waals surface area contributed by atoms with Gasteiger partial charge in [0, 0.05) is 12.7 Å². The Morgan fingerprint density at radius 2 is 2.45 bits per heavy atom. The number of hydrogen-bond donors (Lipinski definition) is 1. The fraction of sp³-hybridized carbons (Fsp3) is 0.357. The maximum absolute atomic E-state index is 12.7. The van der Waals surface area contributed by atoms with Gasteiger partial charge in [0.25, 0.3) is 5.91 Å². The van der Waals surface area contributed by atoms with E-state index in [-0.39, 0.29) is 5.91 Å². The number of anilines is 1. The highest BCUT2D eigenvalue weighted by molar-refractivity contribution is 6.08. The molecule has 0 bridgehead atoms. The Hall–Kier alpha value is -2.37. The number of carbonyl (C=O) groups excluding carboxylic acids is 1. The zero-order valence-electron chi connectivity index (χ0n) is 11.3. The normalized spacial score (nSPS) is 13.9. The van der Waals surface area contributed by atoms with Crippen molar-refractivity contribution in [3.63, 3.8) is 0 Å². The molecule has 0 fully saturated rings. The van der Waals surface area contributed by atoms with Gasteiger partial charge in [-0.15, -0.1) is 0 Å². The van der Waals surface area contributed by atoms with Crippen LogP contribution >= 0.6 is 0 Å².